The minimum absolute atomic E-state index is 0.142. The molecule has 6 heteroatoms. The Kier molecular flexibility index (Phi) is 4.34. The zero-order chi connectivity index (χ0) is 14.9. The molecule has 3 N–H and O–H groups in total. The van der Waals surface area contributed by atoms with Gasteiger partial charge in [-0.1, -0.05) is 19.1 Å². The Morgan fingerprint density at radius 1 is 1.55 bits per heavy atom. The Morgan fingerprint density at radius 2 is 2.20 bits per heavy atom. The number of carbonyl (C=O) groups excluding carboxylic acids is 1. The van der Waals surface area contributed by atoms with Crippen LogP contribution in [0.15, 0.2) is 22.7 Å². The van der Waals surface area contributed by atoms with Gasteiger partial charge < -0.3 is 15.8 Å². The van der Waals surface area contributed by atoms with Gasteiger partial charge in [0.2, 0.25) is 5.91 Å². The van der Waals surface area contributed by atoms with Gasteiger partial charge in [0.25, 0.3) is 0 Å². The first-order valence-electron chi connectivity index (χ1n) is 6.34. The van der Waals surface area contributed by atoms with Crippen molar-refractivity contribution < 1.29 is 9.53 Å². The van der Waals surface area contributed by atoms with E-state index in [2.05, 4.69) is 28.2 Å². The number of methoxy groups -OCH3 is 1. The minimum atomic E-state index is -0.711. The van der Waals surface area contributed by atoms with Crippen LogP contribution in [0, 0.1) is 11.3 Å². The van der Waals surface area contributed by atoms with E-state index >= 15 is 0 Å². The van der Waals surface area contributed by atoms with E-state index in [0.29, 0.717) is 30.2 Å². The lowest BCUT2D eigenvalue weighted by Gasteiger charge is -2.44. The Morgan fingerprint density at radius 3 is 2.70 bits per heavy atom. The Balaban J connectivity index is 2.21. The summed E-state index contributed by atoms with van der Waals surface area (Å²) in [5.41, 5.74) is 5.72. The smallest absolute Gasteiger partial charge is 0.237 e. The van der Waals surface area contributed by atoms with Crippen molar-refractivity contribution in [1.82, 2.24) is 0 Å². The lowest BCUT2D eigenvalue weighted by atomic mass is 9.62. The van der Waals surface area contributed by atoms with Gasteiger partial charge in [0.05, 0.1) is 23.2 Å². The molecule has 1 aromatic carbocycles. The van der Waals surface area contributed by atoms with Gasteiger partial charge in [0.15, 0.2) is 0 Å². The molecular formula is C14H17BrN2O2S. The molecule has 0 radical (unpaired) electrons. The zero-order valence-corrected chi connectivity index (χ0v) is 13.8. The third kappa shape index (κ3) is 2.67. The zero-order valence-electron chi connectivity index (χ0n) is 11.4. The first-order valence-corrected chi connectivity index (χ1v) is 7.54. The highest BCUT2D eigenvalue weighted by molar-refractivity contribution is 9.10. The van der Waals surface area contributed by atoms with E-state index in [9.17, 15) is 4.79 Å². The van der Waals surface area contributed by atoms with Crippen LogP contribution in [0.1, 0.15) is 19.8 Å². The standard InChI is InChI=1S/C14H17BrN2O2S/c1-8-6-14(7-8,12(16)20)13(18)17-11-5-9(19-2)3-4-10(11)15/h3-5,8H,6-7H2,1-2H3,(H2,16,20)(H,17,18). The molecule has 0 atom stereocenters. The molecule has 108 valence electrons. The number of anilines is 1. The van der Waals surface area contributed by atoms with E-state index < -0.39 is 5.41 Å². The molecule has 20 heavy (non-hydrogen) atoms. The number of ether oxygens (including phenoxy) is 1. The van der Waals surface area contributed by atoms with Crippen LogP contribution in [-0.4, -0.2) is 18.0 Å². The molecular weight excluding hydrogens is 340 g/mol. The number of hydrogen-bond donors (Lipinski definition) is 2. The number of halogens is 1. The highest BCUT2D eigenvalue weighted by atomic mass is 79.9. The molecule has 1 aliphatic carbocycles. The fraction of sp³-hybridized carbons (Fsp3) is 0.429. The average molecular weight is 357 g/mol. The second kappa shape index (κ2) is 5.69. The van der Waals surface area contributed by atoms with Crippen molar-refractivity contribution >= 4 is 44.7 Å². The van der Waals surface area contributed by atoms with Gasteiger partial charge in [-0.05, 0) is 46.8 Å². The maximum atomic E-state index is 12.5. The number of thiocarbonyl (C=S) groups is 1. The van der Waals surface area contributed by atoms with Crippen LogP contribution in [0.25, 0.3) is 0 Å². The molecule has 2 rings (SSSR count). The van der Waals surface area contributed by atoms with E-state index in [1.807, 2.05) is 12.1 Å². The van der Waals surface area contributed by atoms with Crippen LogP contribution in [0.5, 0.6) is 5.75 Å². The van der Waals surface area contributed by atoms with E-state index in [4.69, 9.17) is 22.7 Å². The first-order chi connectivity index (χ1) is 9.39. The monoisotopic (exact) mass is 356 g/mol. The molecule has 0 aliphatic heterocycles. The summed E-state index contributed by atoms with van der Waals surface area (Å²) < 4.78 is 5.95. The van der Waals surface area contributed by atoms with Crippen molar-refractivity contribution in [1.29, 1.82) is 0 Å². The summed E-state index contributed by atoms with van der Waals surface area (Å²) in [6, 6.07) is 5.40. The maximum Gasteiger partial charge on any atom is 0.237 e. The van der Waals surface area contributed by atoms with Crippen molar-refractivity contribution in [2.75, 3.05) is 12.4 Å². The van der Waals surface area contributed by atoms with Gasteiger partial charge >= 0.3 is 0 Å². The Hall–Kier alpha value is -1.14. The SMILES string of the molecule is COc1ccc(Br)c(NC(=O)C2(C(N)=S)CC(C)C2)c1. The number of hydrogen-bond acceptors (Lipinski definition) is 3. The molecule has 1 saturated carbocycles. The van der Waals surface area contributed by atoms with Gasteiger partial charge in [0, 0.05) is 10.5 Å². The predicted molar refractivity (Wildman–Crippen MR) is 86.9 cm³/mol. The summed E-state index contributed by atoms with van der Waals surface area (Å²) in [6.07, 6.45) is 1.41. The fourth-order valence-electron chi connectivity index (χ4n) is 2.60. The summed E-state index contributed by atoms with van der Waals surface area (Å²) in [7, 11) is 1.58. The molecule has 1 fully saturated rings. The molecule has 0 aromatic heterocycles. The van der Waals surface area contributed by atoms with Gasteiger partial charge in [-0.3, -0.25) is 4.79 Å². The molecule has 0 saturated heterocycles. The second-order valence-corrected chi connectivity index (χ2v) is 6.55. The second-order valence-electron chi connectivity index (χ2n) is 5.26. The summed E-state index contributed by atoms with van der Waals surface area (Å²) >= 11 is 8.50. The van der Waals surface area contributed by atoms with Crippen molar-refractivity contribution in [3.63, 3.8) is 0 Å². The molecule has 0 heterocycles. The van der Waals surface area contributed by atoms with Crippen molar-refractivity contribution in [3.05, 3.63) is 22.7 Å². The Bertz CT molecular complexity index is 556. The molecule has 4 nitrogen and oxygen atoms in total. The highest BCUT2D eigenvalue weighted by Gasteiger charge is 2.50. The third-order valence-electron chi connectivity index (χ3n) is 3.72. The number of nitrogens with two attached hydrogens (primary N) is 1. The largest absolute Gasteiger partial charge is 0.497 e. The van der Waals surface area contributed by atoms with E-state index in [1.54, 1.807) is 13.2 Å². The minimum Gasteiger partial charge on any atom is -0.497 e. The summed E-state index contributed by atoms with van der Waals surface area (Å²) in [4.78, 5) is 12.8. The normalized spacial score (nSPS) is 24.6. The Labute approximate surface area is 132 Å². The molecule has 1 aliphatic rings. The topological polar surface area (TPSA) is 64.3 Å². The third-order valence-corrected chi connectivity index (χ3v) is 4.80. The number of carbonyl (C=O) groups is 1. The lowest BCUT2D eigenvalue weighted by molar-refractivity contribution is -0.127. The average Bonchev–Trinajstić information content (AvgIpc) is 2.36. The summed E-state index contributed by atoms with van der Waals surface area (Å²) in [6.45, 7) is 2.09. The van der Waals surface area contributed by atoms with Crippen molar-refractivity contribution in [2.45, 2.75) is 19.8 Å². The molecule has 1 aromatic rings. The molecule has 1 amide bonds. The van der Waals surface area contributed by atoms with E-state index in [0.717, 1.165) is 4.47 Å². The van der Waals surface area contributed by atoms with Gasteiger partial charge in [-0.25, -0.2) is 0 Å². The van der Waals surface area contributed by atoms with Gasteiger partial charge in [-0.2, -0.15) is 0 Å². The number of amides is 1. The predicted octanol–water partition coefficient (Wildman–Crippen LogP) is 3.10. The molecule has 0 spiro atoms. The van der Waals surface area contributed by atoms with Gasteiger partial charge in [0.1, 0.15) is 5.75 Å². The van der Waals surface area contributed by atoms with Crippen LogP contribution in [0.3, 0.4) is 0 Å². The first kappa shape index (κ1) is 15.3. The number of nitrogens with one attached hydrogen (secondary N) is 1. The van der Waals surface area contributed by atoms with Crippen LogP contribution >= 0.6 is 28.1 Å². The fourth-order valence-corrected chi connectivity index (χ4v) is 3.20. The van der Waals surface area contributed by atoms with Gasteiger partial charge in [-0.15, -0.1) is 0 Å². The number of rotatable bonds is 4. The number of benzene rings is 1. The van der Waals surface area contributed by atoms with E-state index in [-0.39, 0.29) is 10.9 Å². The van der Waals surface area contributed by atoms with Crippen LogP contribution in [-0.2, 0) is 4.79 Å². The van der Waals surface area contributed by atoms with E-state index in [1.165, 1.54) is 0 Å². The molecule has 0 unspecified atom stereocenters. The molecule has 0 bridgehead atoms. The quantitative estimate of drug-likeness (QED) is 0.813. The lowest BCUT2D eigenvalue weighted by Crippen LogP contribution is -2.53. The summed E-state index contributed by atoms with van der Waals surface area (Å²) in [5.74, 6) is 1.00. The van der Waals surface area contributed by atoms with Crippen molar-refractivity contribution in [2.24, 2.45) is 17.1 Å². The maximum absolute atomic E-state index is 12.5. The van der Waals surface area contributed by atoms with Crippen LogP contribution < -0.4 is 15.8 Å². The van der Waals surface area contributed by atoms with Crippen LogP contribution in [0.2, 0.25) is 0 Å². The highest BCUT2D eigenvalue weighted by Crippen LogP contribution is 2.46. The van der Waals surface area contributed by atoms with Crippen molar-refractivity contribution in [3.8, 4) is 5.75 Å². The van der Waals surface area contributed by atoms with Crippen LogP contribution in [0.4, 0.5) is 5.69 Å². The summed E-state index contributed by atoms with van der Waals surface area (Å²) in [5, 5.41) is 2.90.